The average molecular weight is 472 g/mol. The van der Waals surface area contributed by atoms with Gasteiger partial charge in [-0.1, -0.05) is 6.07 Å². The van der Waals surface area contributed by atoms with Crippen molar-refractivity contribution in [2.24, 2.45) is 0 Å². The van der Waals surface area contributed by atoms with Gasteiger partial charge in [-0.05, 0) is 44.4 Å². The van der Waals surface area contributed by atoms with E-state index in [-0.39, 0.29) is 12.0 Å². The lowest BCUT2D eigenvalue weighted by atomic mass is 10.2. The maximum atomic E-state index is 12.5. The highest BCUT2D eigenvalue weighted by Crippen LogP contribution is 2.29. The van der Waals surface area contributed by atoms with Crippen LogP contribution in [-0.2, 0) is 4.74 Å². The Labute approximate surface area is 194 Å². The van der Waals surface area contributed by atoms with Crippen LogP contribution in [-0.4, -0.2) is 58.6 Å². The van der Waals surface area contributed by atoms with Crippen molar-refractivity contribution >= 4 is 46.2 Å². The van der Waals surface area contributed by atoms with E-state index < -0.39 is 5.60 Å². The Balaban J connectivity index is 1.31. The average Bonchev–Trinajstić information content (AvgIpc) is 3.45. The van der Waals surface area contributed by atoms with Gasteiger partial charge in [0.1, 0.15) is 21.3 Å². The maximum absolute atomic E-state index is 12.5. The first-order valence-corrected chi connectivity index (χ1v) is 12.0. The highest BCUT2D eigenvalue weighted by atomic mass is 32.1. The Bertz CT molecular complexity index is 1070. The van der Waals surface area contributed by atoms with Gasteiger partial charge in [-0.2, -0.15) is 0 Å². The number of nitrogens with zero attached hydrogens (tertiary/aromatic N) is 4. The first-order valence-electron chi connectivity index (χ1n) is 10.3. The number of hydrogen-bond donors (Lipinski definition) is 1. The molecule has 1 aliphatic heterocycles. The molecule has 0 saturated carbocycles. The molecule has 0 aliphatic carbocycles. The first kappa shape index (κ1) is 22.2. The van der Waals surface area contributed by atoms with Crippen molar-refractivity contribution in [1.29, 1.82) is 0 Å². The quantitative estimate of drug-likeness (QED) is 0.599. The lowest BCUT2D eigenvalue weighted by molar-refractivity contribution is 0.0240. The van der Waals surface area contributed by atoms with Crippen LogP contribution >= 0.6 is 22.7 Å². The van der Waals surface area contributed by atoms with Crippen LogP contribution in [0, 0.1) is 0 Å². The molecule has 3 aromatic rings. The molecule has 0 spiro atoms. The first-order chi connectivity index (χ1) is 15.3. The van der Waals surface area contributed by atoms with Crippen molar-refractivity contribution in [2.45, 2.75) is 26.4 Å². The van der Waals surface area contributed by atoms with Crippen LogP contribution in [0.15, 0.2) is 42.0 Å². The number of pyridine rings is 1. The van der Waals surface area contributed by atoms with E-state index in [9.17, 15) is 9.59 Å². The monoisotopic (exact) mass is 471 g/mol. The maximum Gasteiger partial charge on any atom is 0.410 e. The number of piperazine rings is 1. The number of nitrogens with one attached hydrogen (secondary N) is 1. The van der Waals surface area contributed by atoms with E-state index in [1.165, 1.54) is 11.3 Å². The van der Waals surface area contributed by atoms with Crippen molar-refractivity contribution in [1.82, 2.24) is 14.9 Å². The molecule has 4 heterocycles. The molecule has 10 heteroatoms. The number of carbonyl (C=O) groups is 2. The van der Waals surface area contributed by atoms with Gasteiger partial charge >= 0.3 is 6.09 Å². The van der Waals surface area contributed by atoms with E-state index >= 15 is 0 Å². The molecule has 3 aromatic heterocycles. The van der Waals surface area contributed by atoms with Crippen LogP contribution in [0.5, 0.6) is 0 Å². The second kappa shape index (κ2) is 9.25. The fourth-order valence-corrected chi connectivity index (χ4v) is 4.81. The predicted molar refractivity (Wildman–Crippen MR) is 128 cm³/mol. The fraction of sp³-hybridized carbons (Fsp3) is 0.364. The molecule has 0 unspecified atom stereocenters. The molecule has 1 saturated heterocycles. The summed E-state index contributed by atoms with van der Waals surface area (Å²) in [6.45, 7) is 8.16. The Hall–Kier alpha value is -2.98. The third-order valence-corrected chi connectivity index (χ3v) is 6.78. The van der Waals surface area contributed by atoms with E-state index in [0.29, 0.717) is 36.9 Å². The van der Waals surface area contributed by atoms with E-state index in [1.807, 2.05) is 44.4 Å². The number of ether oxygens (including phenoxy) is 1. The van der Waals surface area contributed by atoms with Crippen LogP contribution in [0.1, 0.15) is 30.4 Å². The summed E-state index contributed by atoms with van der Waals surface area (Å²) in [5.41, 5.74) is 0.452. The molecule has 0 radical (unpaired) electrons. The third kappa shape index (κ3) is 5.43. The van der Waals surface area contributed by atoms with Gasteiger partial charge in [-0.25, -0.2) is 14.8 Å². The minimum Gasteiger partial charge on any atom is -0.444 e. The molecule has 0 bridgehead atoms. The van der Waals surface area contributed by atoms with Gasteiger partial charge in [0, 0.05) is 26.2 Å². The van der Waals surface area contributed by atoms with E-state index in [2.05, 4.69) is 20.2 Å². The Morgan fingerprint density at radius 2 is 1.84 bits per heavy atom. The number of thiophene rings is 1. The van der Waals surface area contributed by atoms with E-state index in [4.69, 9.17) is 4.74 Å². The zero-order valence-corrected chi connectivity index (χ0v) is 19.8. The summed E-state index contributed by atoms with van der Waals surface area (Å²) in [7, 11) is 0. The van der Waals surface area contributed by atoms with E-state index in [1.54, 1.807) is 34.7 Å². The molecular weight excluding hydrogens is 446 g/mol. The summed E-state index contributed by atoms with van der Waals surface area (Å²) in [6.07, 6.45) is 3.05. The molecule has 1 N–H and O–H groups in total. The number of amides is 2. The van der Waals surface area contributed by atoms with Crippen molar-refractivity contribution in [3.63, 3.8) is 0 Å². The Morgan fingerprint density at radius 1 is 1.06 bits per heavy atom. The molecule has 8 nitrogen and oxygen atoms in total. The van der Waals surface area contributed by atoms with Gasteiger partial charge in [0.05, 0.1) is 23.0 Å². The standard InChI is InChI=1S/C22H25N5O3S2/c1-22(2,3)30-21(29)27-10-8-26(9-11-27)15-6-7-18(23-13-15)25-19(28)17-14-24-20(32-17)16-5-4-12-31-16/h4-7,12-14H,8-11H2,1-3H3,(H,23,25,28). The number of hydrogen-bond acceptors (Lipinski definition) is 8. The number of thiazole rings is 1. The third-order valence-electron chi connectivity index (χ3n) is 4.75. The van der Waals surface area contributed by atoms with Crippen molar-refractivity contribution in [2.75, 3.05) is 36.4 Å². The minimum atomic E-state index is -0.497. The summed E-state index contributed by atoms with van der Waals surface area (Å²) in [5, 5.41) is 5.64. The molecule has 32 heavy (non-hydrogen) atoms. The molecule has 0 atom stereocenters. The topological polar surface area (TPSA) is 87.7 Å². The van der Waals surface area contributed by atoms with Crippen LogP contribution < -0.4 is 10.2 Å². The summed E-state index contributed by atoms with van der Waals surface area (Å²) in [6, 6.07) is 7.66. The lowest BCUT2D eigenvalue weighted by Crippen LogP contribution is -2.50. The normalized spacial score (nSPS) is 14.3. The summed E-state index contributed by atoms with van der Waals surface area (Å²) >= 11 is 2.95. The second-order valence-electron chi connectivity index (χ2n) is 8.32. The second-order valence-corrected chi connectivity index (χ2v) is 10.3. The Kier molecular flexibility index (Phi) is 6.43. The van der Waals surface area contributed by atoms with Gasteiger partial charge in [-0.3, -0.25) is 4.79 Å². The van der Waals surface area contributed by atoms with Crippen LogP contribution in [0.2, 0.25) is 0 Å². The van der Waals surface area contributed by atoms with Crippen LogP contribution in [0.4, 0.5) is 16.3 Å². The van der Waals surface area contributed by atoms with Crippen LogP contribution in [0.25, 0.3) is 9.88 Å². The highest BCUT2D eigenvalue weighted by molar-refractivity contribution is 7.22. The van der Waals surface area contributed by atoms with E-state index in [0.717, 1.165) is 15.6 Å². The molecule has 2 amide bonds. The molecule has 1 aliphatic rings. The zero-order valence-electron chi connectivity index (χ0n) is 18.2. The van der Waals surface area contributed by atoms with Gasteiger partial charge in [0.15, 0.2) is 0 Å². The van der Waals surface area contributed by atoms with Crippen molar-refractivity contribution < 1.29 is 14.3 Å². The molecule has 4 rings (SSSR count). The summed E-state index contributed by atoms with van der Waals surface area (Å²) in [5.74, 6) is 0.258. The van der Waals surface area contributed by atoms with Crippen LogP contribution in [0.3, 0.4) is 0 Å². The summed E-state index contributed by atoms with van der Waals surface area (Å²) < 4.78 is 5.44. The largest absolute Gasteiger partial charge is 0.444 e. The number of anilines is 2. The number of rotatable bonds is 4. The number of carbonyl (C=O) groups excluding carboxylic acids is 2. The van der Waals surface area contributed by atoms with Gasteiger partial charge in [0.25, 0.3) is 5.91 Å². The molecule has 1 fully saturated rings. The number of aromatic nitrogens is 2. The SMILES string of the molecule is CC(C)(C)OC(=O)N1CCN(c2ccc(NC(=O)c3cnc(-c4cccs4)s3)nc2)CC1. The van der Waals surface area contributed by atoms with Gasteiger partial charge in [-0.15, -0.1) is 22.7 Å². The Morgan fingerprint density at radius 3 is 2.47 bits per heavy atom. The summed E-state index contributed by atoms with van der Waals surface area (Å²) in [4.78, 5) is 39.0. The highest BCUT2D eigenvalue weighted by Gasteiger charge is 2.26. The molecular formula is C22H25N5O3S2. The van der Waals surface area contributed by atoms with Crippen molar-refractivity contribution in [3.8, 4) is 9.88 Å². The predicted octanol–water partition coefficient (Wildman–Crippen LogP) is 4.58. The smallest absolute Gasteiger partial charge is 0.410 e. The van der Waals surface area contributed by atoms with Gasteiger partial charge < -0.3 is 19.9 Å². The van der Waals surface area contributed by atoms with Crippen molar-refractivity contribution in [3.05, 3.63) is 46.9 Å². The lowest BCUT2D eigenvalue weighted by Gasteiger charge is -2.36. The molecule has 168 valence electrons. The zero-order chi connectivity index (χ0) is 22.7. The minimum absolute atomic E-state index is 0.225. The van der Waals surface area contributed by atoms with Gasteiger partial charge in [0.2, 0.25) is 0 Å². The fourth-order valence-electron chi connectivity index (χ4n) is 3.19. The molecule has 0 aromatic carbocycles.